The molecule has 0 fully saturated rings. The van der Waals surface area contributed by atoms with Crippen LogP contribution in [0.1, 0.15) is 44.7 Å². The Kier molecular flexibility index (Phi) is 12.2. The molecule has 0 spiro atoms. The molecule has 0 radical (unpaired) electrons. The predicted octanol–water partition coefficient (Wildman–Crippen LogP) is 7.48. The number of halogens is 1. The first-order chi connectivity index (χ1) is 24.0. The van der Waals surface area contributed by atoms with E-state index in [2.05, 4.69) is 50.7 Å². The van der Waals surface area contributed by atoms with Crippen molar-refractivity contribution in [3.63, 3.8) is 0 Å². The maximum absolute atomic E-state index is 13.8. The van der Waals surface area contributed by atoms with Crippen molar-refractivity contribution in [2.45, 2.75) is 50.3 Å². The van der Waals surface area contributed by atoms with Gasteiger partial charge in [0, 0.05) is 17.4 Å². The lowest BCUT2D eigenvalue weighted by Gasteiger charge is -2.20. The summed E-state index contributed by atoms with van der Waals surface area (Å²) in [5, 5.41) is 4.20. The van der Waals surface area contributed by atoms with Crippen LogP contribution in [0.5, 0.6) is 23.1 Å². The Morgan fingerprint density at radius 1 is 0.800 bits per heavy atom. The first-order valence-corrected chi connectivity index (χ1v) is 18.1. The minimum atomic E-state index is -4.15. The van der Waals surface area contributed by atoms with Crippen LogP contribution in [0.2, 0.25) is 5.02 Å². The highest BCUT2D eigenvalue weighted by Crippen LogP contribution is 2.41. The van der Waals surface area contributed by atoms with Gasteiger partial charge in [-0.25, -0.2) is 23.4 Å². The van der Waals surface area contributed by atoms with Gasteiger partial charge in [0.05, 0.1) is 18.6 Å². The van der Waals surface area contributed by atoms with Crippen molar-refractivity contribution in [2.24, 2.45) is 0 Å². The van der Waals surface area contributed by atoms with Crippen LogP contribution in [0.15, 0.2) is 96.2 Å². The van der Waals surface area contributed by atoms with Crippen LogP contribution >= 0.6 is 11.6 Å². The summed E-state index contributed by atoms with van der Waals surface area (Å²) in [6.07, 6.45) is 5.41. The van der Waals surface area contributed by atoms with E-state index in [4.69, 9.17) is 25.8 Å². The highest BCUT2D eigenvalue weighted by Gasteiger charge is 2.26. The van der Waals surface area contributed by atoms with Gasteiger partial charge in [-0.15, -0.1) is 0 Å². The van der Waals surface area contributed by atoms with Crippen LogP contribution in [-0.4, -0.2) is 55.2 Å². The van der Waals surface area contributed by atoms with Crippen molar-refractivity contribution in [1.29, 1.82) is 0 Å². The monoisotopic (exact) mass is 716 g/mol. The minimum absolute atomic E-state index is 0.0146. The lowest BCUT2D eigenvalue weighted by Crippen LogP contribution is -2.19. The maximum Gasteiger partial charge on any atom is 0.263 e. The molecule has 50 heavy (non-hydrogen) atoms. The molecule has 0 bridgehead atoms. The van der Waals surface area contributed by atoms with Crippen LogP contribution in [0.4, 0.5) is 5.82 Å². The first kappa shape index (κ1) is 36.5. The number of anilines is 1. The van der Waals surface area contributed by atoms with E-state index in [0.29, 0.717) is 17.9 Å². The lowest BCUT2D eigenvalue weighted by molar-refractivity contribution is 0.279. The molecule has 0 saturated heterocycles. The largest absolute Gasteiger partial charge is 0.493 e. The van der Waals surface area contributed by atoms with E-state index in [1.54, 1.807) is 67.0 Å². The van der Waals surface area contributed by atoms with Gasteiger partial charge in [0.25, 0.3) is 15.9 Å². The number of unbranched alkanes of at least 4 members (excludes halogenated alkanes) is 1. The number of nitrogens with zero attached hydrogens (tertiary/aromatic N) is 4. The first-order valence-electron chi connectivity index (χ1n) is 16.3. The average molecular weight is 717 g/mol. The highest BCUT2D eigenvalue weighted by atomic mass is 35.5. The third-order valence-corrected chi connectivity index (χ3v) is 9.38. The molecular weight excluding hydrogens is 676 g/mol. The molecule has 0 aliphatic carbocycles. The number of methoxy groups -OCH3 is 1. The number of aromatic nitrogens is 4. The van der Waals surface area contributed by atoms with Crippen molar-refractivity contribution < 1.29 is 22.6 Å². The summed E-state index contributed by atoms with van der Waals surface area (Å²) in [6, 6.07) is 23.2. The summed E-state index contributed by atoms with van der Waals surface area (Å²) in [7, 11) is -2.63. The minimum Gasteiger partial charge on any atom is -0.493 e. The van der Waals surface area contributed by atoms with Crippen LogP contribution in [0.25, 0.3) is 11.6 Å². The molecule has 262 valence electrons. The van der Waals surface area contributed by atoms with Crippen molar-refractivity contribution in [3.8, 4) is 34.8 Å². The van der Waals surface area contributed by atoms with Crippen LogP contribution in [0, 0.1) is 0 Å². The van der Waals surface area contributed by atoms with Crippen molar-refractivity contribution in [2.75, 3.05) is 31.5 Å². The fraction of sp³-hybridized carbons (Fsp3) is 0.297. The lowest BCUT2D eigenvalue weighted by atomic mass is 9.87. The summed E-state index contributed by atoms with van der Waals surface area (Å²) < 4.78 is 48.2. The third-order valence-electron chi connectivity index (χ3n) is 7.66. The van der Waals surface area contributed by atoms with Gasteiger partial charge in [0.2, 0.25) is 11.6 Å². The number of rotatable bonds is 16. The fourth-order valence-corrected chi connectivity index (χ4v) is 6.14. The Bertz CT molecular complexity index is 1970. The Morgan fingerprint density at radius 2 is 1.50 bits per heavy atom. The van der Waals surface area contributed by atoms with Gasteiger partial charge in [0.15, 0.2) is 23.1 Å². The fourth-order valence-electron chi connectivity index (χ4n) is 4.91. The molecule has 2 N–H and O–H groups in total. The molecule has 0 unspecified atom stereocenters. The number of benzene rings is 3. The number of ether oxygens (including phenoxy) is 3. The van der Waals surface area contributed by atoms with E-state index >= 15 is 0 Å². The van der Waals surface area contributed by atoms with Crippen molar-refractivity contribution >= 4 is 27.4 Å². The second-order valence-electron chi connectivity index (χ2n) is 12.4. The Morgan fingerprint density at radius 3 is 2.20 bits per heavy atom. The summed E-state index contributed by atoms with van der Waals surface area (Å²) in [4.78, 5) is 17.7. The molecular formula is C37H41ClN6O5S. The normalized spacial score (nSPS) is 11.6. The second kappa shape index (κ2) is 16.8. The molecule has 11 nitrogen and oxygen atoms in total. The third kappa shape index (κ3) is 9.68. The number of para-hydroxylation sites is 2. The molecule has 13 heteroatoms. The van der Waals surface area contributed by atoms with E-state index in [1.807, 2.05) is 24.3 Å². The predicted molar refractivity (Wildman–Crippen MR) is 195 cm³/mol. The molecule has 5 rings (SSSR count). The molecule has 0 aliphatic heterocycles. The Labute approximate surface area is 298 Å². The number of sulfonamides is 1. The van der Waals surface area contributed by atoms with Gasteiger partial charge in [-0.05, 0) is 85.3 Å². The Hall–Kier alpha value is -4.78. The zero-order valence-electron chi connectivity index (χ0n) is 28.5. The zero-order valence-corrected chi connectivity index (χ0v) is 30.1. The molecule has 5 aromatic rings. The van der Waals surface area contributed by atoms with Gasteiger partial charge >= 0.3 is 0 Å². The van der Waals surface area contributed by atoms with E-state index < -0.39 is 10.0 Å². The molecule has 2 aromatic heterocycles. The van der Waals surface area contributed by atoms with E-state index in [1.165, 1.54) is 7.11 Å². The van der Waals surface area contributed by atoms with Gasteiger partial charge in [-0.1, -0.05) is 74.8 Å². The molecule has 0 saturated carbocycles. The van der Waals surface area contributed by atoms with Gasteiger partial charge < -0.3 is 19.5 Å². The van der Waals surface area contributed by atoms with Crippen molar-refractivity contribution in [3.05, 3.63) is 107 Å². The number of hydrogen-bond acceptors (Lipinski definition) is 10. The zero-order chi connectivity index (χ0) is 35.6. The van der Waals surface area contributed by atoms with Crippen LogP contribution < -0.4 is 24.2 Å². The maximum atomic E-state index is 13.8. The van der Waals surface area contributed by atoms with Gasteiger partial charge in [-0.3, -0.25) is 4.72 Å². The van der Waals surface area contributed by atoms with Gasteiger partial charge in [0.1, 0.15) is 0 Å². The smallest absolute Gasteiger partial charge is 0.263 e. The topological polar surface area (TPSA) is 137 Å². The summed E-state index contributed by atoms with van der Waals surface area (Å²) in [5.74, 6) is 0.786. The van der Waals surface area contributed by atoms with Crippen LogP contribution in [-0.2, 0) is 21.9 Å². The van der Waals surface area contributed by atoms with E-state index in [-0.39, 0.29) is 46.0 Å². The standard InChI is InChI=1S/C37H41ClN6O5S/c1-37(2,3)27-16-18-28(19-17-27)50(45,46)44-33-32(49-31-15-8-7-14-30(31)47-4)36(43-35(42-33)34-40-22-11-23-41-34)48-25-10-9-21-39-24-20-26-12-5-6-13-29(26)38/h5-8,11-19,22-23,39H,9-10,20-21,24-25H2,1-4H3,(H,42,43,44). The average Bonchev–Trinajstić information content (AvgIpc) is 3.11. The second-order valence-corrected chi connectivity index (χ2v) is 14.5. The summed E-state index contributed by atoms with van der Waals surface area (Å²) in [6.45, 7) is 8.00. The number of nitrogens with one attached hydrogen (secondary N) is 2. The van der Waals surface area contributed by atoms with Gasteiger partial charge in [-0.2, -0.15) is 4.98 Å². The molecule has 2 heterocycles. The molecule has 0 atom stereocenters. The van der Waals surface area contributed by atoms with Crippen LogP contribution in [0.3, 0.4) is 0 Å². The van der Waals surface area contributed by atoms with E-state index in [0.717, 1.165) is 42.1 Å². The SMILES string of the molecule is COc1ccccc1Oc1c(NS(=O)(=O)c2ccc(C(C)(C)C)cc2)nc(-c2ncccn2)nc1OCCCCNCCc1ccccc1Cl. The van der Waals surface area contributed by atoms with Crippen molar-refractivity contribution in [1.82, 2.24) is 25.3 Å². The molecule has 3 aromatic carbocycles. The molecule has 0 amide bonds. The summed E-state index contributed by atoms with van der Waals surface area (Å²) >= 11 is 6.28. The highest BCUT2D eigenvalue weighted by molar-refractivity contribution is 7.92. The molecule has 0 aliphatic rings. The number of hydrogen-bond donors (Lipinski definition) is 2. The quantitative estimate of drug-likeness (QED) is 0.0989. The Balaban J connectivity index is 1.41. The van der Waals surface area contributed by atoms with E-state index in [9.17, 15) is 8.42 Å². The summed E-state index contributed by atoms with van der Waals surface area (Å²) in [5.41, 5.74) is 1.94.